The van der Waals surface area contributed by atoms with Crippen LogP contribution in [0.4, 0.5) is 5.69 Å². The van der Waals surface area contributed by atoms with Crippen molar-refractivity contribution in [3.63, 3.8) is 0 Å². The summed E-state index contributed by atoms with van der Waals surface area (Å²) >= 11 is 0. The van der Waals surface area contributed by atoms with Crippen molar-refractivity contribution in [2.45, 2.75) is 26.3 Å². The second kappa shape index (κ2) is 5.08. The maximum Gasteiger partial charge on any atom is 0.143 e. The number of aryl methyl sites for hydroxylation is 1. The van der Waals surface area contributed by atoms with Crippen molar-refractivity contribution in [2.75, 3.05) is 5.73 Å². The van der Waals surface area contributed by atoms with Crippen LogP contribution in [-0.2, 0) is 0 Å². The molecule has 0 saturated carbocycles. The van der Waals surface area contributed by atoms with Crippen LogP contribution in [0.1, 0.15) is 30.5 Å². The lowest BCUT2D eigenvalue weighted by Gasteiger charge is -2.15. The second-order valence-corrected chi connectivity index (χ2v) is 3.25. The molecule has 0 aliphatic heterocycles. The van der Waals surface area contributed by atoms with Gasteiger partial charge in [0.15, 0.2) is 0 Å². The van der Waals surface area contributed by atoms with Crippen LogP contribution in [0.25, 0.3) is 0 Å². The minimum Gasteiger partial charge on any atom is -0.505 e. The van der Waals surface area contributed by atoms with E-state index < -0.39 is 0 Å². The topological polar surface area (TPSA) is 72.3 Å². The van der Waals surface area contributed by atoms with Gasteiger partial charge in [0, 0.05) is 11.6 Å². The first kappa shape index (κ1) is 13.1. The van der Waals surface area contributed by atoms with E-state index in [-0.39, 0.29) is 24.2 Å². The lowest BCUT2D eigenvalue weighted by Crippen LogP contribution is -2.11. The number of nitrogen functional groups attached to an aromatic ring is 1. The molecule has 0 aliphatic carbocycles. The summed E-state index contributed by atoms with van der Waals surface area (Å²) in [6, 6.07) is 3.43. The number of nitrogens with two attached hydrogens (primary N) is 2. The first-order valence-corrected chi connectivity index (χ1v) is 4.41. The number of rotatable bonds is 2. The zero-order chi connectivity index (χ0) is 10.0. The van der Waals surface area contributed by atoms with Crippen molar-refractivity contribution in [3.05, 3.63) is 23.3 Å². The first-order chi connectivity index (χ1) is 6.07. The zero-order valence-corrected chi connectivity index (χ0v) is 9.27. The molecule has 0 bridgehead atoms. The molecule has 0 fully saturated rings. The van der Waals surface area contributed by atoms with E-state index in [0.29, 0.717) is 5.69 Å². The summed E-state index contributed by atoms with van der Waals surface area (Å²) in [5.41, 5.74) is 13.6. The van der Waals surface area contributed by atoms with Crippen molar-refractivity contribution in [2.24, 2.45) is 5.73 Å². The van der Waals surface area contributed by atoms with Crippen LogP contribution in [0.5, 0.6) is 5.75 Å². The van der Waals surface area contributed by atoms with Crippen molar-refractivity contribution >= 4 is 18.1 Å². The SMILES string of the molecule is CC[C@H](N)c1c(C)ccc(N)c1O.Cl. The van der Waals surface area contributed by atoms with E-state index in [1.807, 2.05) is 19.9 Å². The number of halogens is 1. The van der Waals surface area contributed by atoms with E-state index in [1.54, 1.807) is 6.07 Å². The van der Waals surface area contributed by atoms with E-state index >= 15 is 0 Å². The summed E-state index contributed by atoms with van der Waals surface area (Å²) in [7, 11) is 0. The molecule has 3 nitrogen and oxygen atoms in total. The lowest BCUT2D eigenvalue weighted by atomic mass is 9.98. The van der Waals surface area contributed by atoms with Gasteiger partial charge < -0.3 is 16.6 Å². The largest absolute Gasteiger partial charge is 0.505 e. The summed E-state index contributed by atoms with van der Waals surface area (Å²) in [5, 5.41) is 9.67. The Hall–Kier alpha value is -0.930. The molecule has 0 aliphatic rings. The molecule has 5 N–H and O–H groups in total. The van der Waals surface area contributed by atoms with Gasteiger partial charge in [-0.3, -0.25) is 0 Å². The molecule has 0 radical (unpaired) electrons. The molecule has 0 aromatic heterocycles. The quantitative estimate of drug-likeness (QED) is 0.524. The normalized spacial score (nSPS) is 11.9. The van der Waals surface area contributed by atoms with E-state index in [9.17, 15) is 5.11 Å². The highest BCUT2D eigenvalue weighted by atomic mass is 35.5. The molecule has 0 saturated heterocycles. The van der Waals surface area contributed by atoms with Crippen LogP contribution in [-0.4, -0.2) is 5.11 Å². The molecule has 0 unspecified atom stereocenters. The van der Waals surface area contributed by atoms with Gasteiger partial charge in [0.05, 0.1) is 5.69 Å². The molecule has 1 aromatic carbocycles. The molecule has 4 heteroatoms. The highest BCUT2D eigenvalue weighted by Crippen LogP contribution is 2.32. The number of phenolic OH excluding ortho intramolecular Hbond substituents is 1. The third kappa shape index (κ3) is 2.30. The standard InChI is InChI=1S/C10H16N2O.ClH/c1-3-7(11)9-6(2)4-5-8(12)10(9)13;/h4-5,7,13H,3,11-12H2,1-2H3;1H/t7-;/m0./s1. The molecule has 14 heavy (non-hydrogen) atoms. The van der Waals surface area contributed by atoms with Crippen LogP contribution in [0, 0.1) is 6.92 Å². The average molecular weight is 217 g/mol. The van der Waals surface area contributed by atoms with E-state index in [0.717, 1.165) is 17.5 Å². The highest BCUT2D eigenvalue weighted by molar-refractivity contribution is 5.85. The molecule has 1 rings (SSSR count). The van der Waals surface area contributed by atoms with E-state index in [2.05, 4.69) is 0 Å². The molecule has 0 spiro atoms. The Morgan fingerprint density at radius 1 is 1.43 bits per heavy atom. The van der Waals surface area contributed by atoms with Gasteiger partial charge in [0.25, 0.3) is 0 Å². The number of benzene rings is 1. The van der Waals surface area contributed by atoms with Crippen LogP contribution in [0.2, 0.25) is 0 Å². The molecular formula is C10H17ClN2O. The molecule has 0 amide bonds. The predicted molar refractivity (Wildman–Crippen MR) is 61.7 cm³/mol. The lowest BCUT2D eigenvalue weighted by molar-refractivity contribution is 0.462. The van der Waals surface area contributed by atoms with Gasteiger partial charge in [-0.15, -0.1) is 12.4 Å². The number of hydrogen-bond donors (Lipinski definition) is 3. The summed E-state index contributed by atoms with van der Waals surface area (Å²) in [6.07, 6.45) is 0.790. The smallest absolute Gasteiger partial charge is 0.143 e. The third-order valence-corrected chi connectivity index (χ3v) is 2.28. The molecular weight excluding hydrogens is 200 g/mol. The maximum atomic E-state index is 9.67. The van der Waals surface area contributed by atoms with Gasteiger partial charge in [0.2, 0.25) is 0 Å². The number of aromatic hydroxyl groups is 1. The molecule has 80 valence electrons. The Morgan fingerprint density at radius 3 is 2.50 bits per heavy atom. The molecule has 1 aromatic rings. The van der Waals surface area contributed by atoms with Gasteiger partial charge in [-0.2, -0.15) is 0 Å². The first-order valence-electron chi connectivity index (χ1n) is 4.41. The number of anilines is 1. The van der Waals surface area contributed by atoms with Crippen molar-refractivity contribution in [3.8, 4) is 5.75 Å². The van der Waals surface area contributed by atoms with Crippen molar-refractivity contribution in [1.29, 1.82) is 0 Å². The minimum absolute atomic E-state index is 0. The fourth-order valence-electron chi connectivity index (χ4n) is 1.40. The van der Waals surface area contributed by atoms with E-state index in [1.165, 1.54) is 0 Å². The van der Waals surface area contributed by atoms with Gasteiger partial charge in [0.1, 0.15) is 5.75 Å². The summed E-state index contributed by atoms with van der Waals surface area (Å²) in [6.45, 7) is 3.90. The predicted octanol–water partition coefficient (Wildman–Crippen LogP) is 2.11. The highest BCUT2D eigenvalue weighted by Gasteiger charge is 2.13. The Morgan fingerprint density at radius 2 is 2.00 bits per heavy atom. The maximum absolute atomic E-state index is 9.67. The fraction of sp³-hybridized carbons (Fsp3) is 0.400. The van der Waals surface area contributed by atoms with E-state index in [4.69, 9.17) is 11.5 Å². The average Bonchev–Trinajstić information content (AvgIpc) is 2.12. The summed E-state index contributed by atoms with van der Waals surface area (Å²) in [4.78, 5) is 0. The molecule has 1 atom stereocenters. The second-order valence-electron chi connectivity index (χ2n) is 3.25. The van der Waals surface area contributed by atoms with Crippen molar-refractivity contribution < 1.29 is 5.11 Å². The van der Waals surface area contributed by atoms with Crippen LogP contribution in [0.15, 0.2) is 12.1 Å². The van der Waals surface area contributed by atoms with Crippen LogP contribution < -0.4 is 11.5 Å². The van der Waals surface area contributed by atoms with Gasteiger partial charge >= 0.3 is 0 Å². The van der Waals surface area contributed by atoms with Gasteiger partial charge in [-0.05, 0) is 25.0 Å². The Labute approximate surface area is 90.5 Å². The monoisotopic (exact) mass is 216 g/mol. The fourth-order valence-corrected chi connectivity index (χ4v) is 1.40. The third-order valence-electron chi connectivity index (χ3n) is 2.28. The Bertz CT molecular complexity index is 315. The Balaban J connectivity index is 0.00000169. The summed E-state index contributed by atoms with van der Waals surface area (Å²) in [5.74, 6) is 0.134. The Kier molecular flexibility index (Phi) is 4.74. The minimum atomic E-state index is -0.136. The van der Waals surface area contributed by atoms with Gasteiger partial charge in [-0.25, -0.2) is 0 Å². The number of hydrogen-bond acceptors (Lipinski definition) is 3. The van der Waals surface area contributed by atoms with Gasteiger partial charge in [-0.1, -0.05) is 13.0 Å². The van der Waals surface area contributed by atoms with Crippen LogP contribution in [0.3, 0.4) is 0 Å². The molecule has 0 heterocycles. The van der Waals surface area contributed by atoms with Crippen LogP contribution >= 0.6 is 12.4 Å². The van der Waals surface area contributed by atoms with Crippen molar-refractivity contribution in [1.82, 2.24) is 0 Å². The number of phenols is 1. The zero-order valence-electron chi connectivity index (χ0n) is 8.45. The summed E-state index contributed by atoms with van der Waals surface area (Å²) < 4.78 is 0.